The molecule has 0 fully saturated rings. The van der Waals surface area contributed by atoms with Gasteiger partial charge >= 0.3 is 5.97 Å². The van der Waals surface area contributed by atoms with Gasteiger partial charge in [0, 0.05) is 55.7 Å². The number of esters is 1. The van der Waals surface area contributed by atoms with Crippen LogP contribution in [0.15, 0.2) is 48.5 Å². The first-order valence-electron chi connectivity index (χ1n) is 9.08. The number of ether oxygens (including phenoxy) is 2. The predicted octanol–water partition coefficient (Wildman–Crippen LogP) is 2.05. The molecule has 30 heavy (non-hydrogen) atoms. The summed E-state index contributed by atoms with van der Waals surface area (Å²) in [5.41, 5.74) is 6.29. The van der Waals surface area contributed by atoms with Crippen LogP contribution in [0.4, 0.5) is 0 Å². The van der Waals surface area contributed by atoms with Crippen molar-refractivity contribution in [3.05, 3.63) is 59.7 Å². The van der Waals surface area contributed by atoms with Gasteiger partial charge in [-0.3, -0.25) is 10.2 Å². The van der Waals surface area contributed by atoms with Crippen molar-refractivity contribution in [2.24, 2.45) is 5.73 Å². The molecule has 6 N–H and O–H groups in total. The number of carbonyl (C=O) groups excluding carboxylic acids is 2. The van der Waals surface area contributed by atoms with Gasteiger partial charge in [-0.2, -0.15) is 0 Å². The van der Waals surface area contributed by atoms with Gasteiger partial charge in [0.05, 0.1) is 5.56 Å². The Morgan fingerprint density at radius 2 is 1.57 bits per heavy atom. The Kier molecular flexibility index (Phi) is 13.2. The number of carbonyl (C=O) groups is 2. The van der Waals surface area contributed by atoms with E-state index in [2.05, 4.69) is 12.2 Å². The number of amides is 1. The summed E-state index contributed by atoms with van der Waals surface area (Å²) >= 11 is 0. The number of nitrogen functional groups attached to an aromatic ring is 1. The Balaban J connectivity index is 0.00000420. The van der Waals surface area contributed by atoms with E-state index < -0.39 is 5.97 Å². The number of benzene rings is 2. The standard InChI is InChI=1S/C21H25N3O4.Ac.H2O/c1-3-4-14(2)24-19(25)13-27-17-9-7-16(8-10-17)21(26)28-18-11-5-15(6-12-18)20(22)23;;/h5-12,14H,3-4,13H2,1-2H3,(H3,22,23)(H,24,25);;1H2/t14-;;/m1../s1. The number of nitrogens with one attached hydrogen (secondary N) is 2. The molecule has 0 aliphatic carbocycles. The van der Waals surface area contributed by atoms with E-state index in [1.165, 1.54) is 0 Å². The molecule has 1 radical (unpaired) electrons. The molecule has 0 saturated heterocycles. The Labute approximate surface area is 211 Å². The van der Waals surface area contributed by atoms with E-state index in [-0.39, 0.29) is 73.9 Å². The summed E-state index contributed by atoms with van der Waals surface area (Å²) in [6, 6.07) is 12.8. The minimum Gasteiger partial charge on any atom is -0.484 e. The summed E-state index contributed by atoms with van der Waals surface area (Å²) in [6.45, 7) is 3.93. The normalized spacial score (nSPS) is 10.6. The van der Waals surface area contributed by atoms with Crippen molar-refractivity contribution in [3.63, 3.8) is 0 Å². The fraction of sp³-hybridized carbons (Fsp3) is 0.286. The third-order valence-electron chi connectivity index (χ3n) is 3.96. The third kappa shape index (κ3) is 9.25. The third-order valence-corrected chi connectivity index (χ3v) is 3.96. The van der Waals surface area contributed by atoms with Gasteiger partial charge in [0.1, 0.15) is 17.3 Å². The van der Waals surface area contributed by atoms with Crippen LogP contribution in [0, 0.1) is 49.5 Å². The van der Waals surface area contributed by atoms with Crippen molar-refractivity contribution in [3.8, 4) is 11.5 Å². The van der Waals surface area contributed by atoms with Crippen LogP contribution in [0.3, 0.4) is 0 Å². The smallest absolute Gasteiger partial charge is 0.343 e. The number of rotatable bonds is 9. The fourth-order valence-corrected chi connectivity index (χ4v) is 2.53. The fourth-order valence-electron chi connectivity index (χ4n) is 2.53. The van der Waals surface area contributed by atoms with E-state index >= 15 is 0 Å². The molecule has 0 unspecified atom stereocenters. The predicted molar refractivity (Wildman–Crippen MR) is 110 cm³/mol. The van der Waals surface area contributed by atoms with Crippen molar-refractivity contribution in [2.75, 3.05) is 6.61 Å². The van der Waals surface area contributed by atoms with Crippen LogP contribution < -0.4 is 20.5 Å². The minimum atomic E-state index is -0.520. The first-order chi connectivity index (χ1) is 13.4. The Morgan fingerprint density at radius 1 is 1.03 bits per heavy atom. The molecule has 1 amide bonds. The molecule has 0 saturated carbocycles. The second-order valence-corrected chi connectivity index (χ2v) is 6.40. The Bertz CT molecular complexity index is 826. The molecular formula is C21H27AcN3O5. The van der Waals surface area contributed by atoms with E-state index in [1.807, 2.05) is 6.92 Å². The molecule has 0 bridgehead atoms. The van der Waals surface area contributed by atoms with Gasteiger partial charge in [0.15, 0.2) is 6.61 Å². The maximum Gasteiger partial charge on any atom is 0.343 e. The quantitative estimate of drug-likeness (QED) is 0.169. The van der Waals surface area contributed by atoms with Crippen LogP contribution in [0.2, 0.25) is 0 Å². The van der Waals surface area contributed by atoms with Gasteiger partial charge in [0.25, 0.3) is 5.91 Å². The minimum absolute atomic E-state index is 0. The number of nitrogens with two attached hydrogens (primary N) is 1. The molecule has 0 heterocycles. The van der Waals surface area contributed by atoms with Crippen LogP contribution in [0.1, 0.15) is 42.6 Å². The van der Waals surface area contributed by atoms with Gasteiger partial charge in [-0.1, -0.05) is 13.3 Å². The van der Waals surface area contributed by atoms with Crippen molar-refractivity contribution in [1.82, 2.24) is 5.32 Å². The van der Waals surface area contributed by atoms with E-state index in [1.54, 1.807) is 48.5 Å². The van der Waals surface area contributed by atoms with E-state index in [0.717, 1.165) is 12.8 Å². The maximum atomic E-state index is 12.2. The van der Waals surface area contributed by atoms with Crippen molar-refractivity contribution < 1.29 is 68.6 Å². The zero-order valence-electron chi connectivity index (χ0n) is 17.1. The molecule has 1 atom stereocenters. The number of hydrogen-bond donors (Lipinski definition) is 3. The van der Waals surface area contributed by atoms with E-state index in [4.69, 9.17) is 20.6 Å². The first-order valence-corrected chi connectivity index (χ1v) is 9.08. The molecule has 159 valence electrons. The maximum absolute atomic E-state index is 12.2. The number of amidine groups is 1. The number of hydrogen-bond acceptors (Lipinski definition) is 5. The van der Waals surface area contributed by atoms with Crippen LogP contribution in [-0.2, 0) is 4.79 Å². The van der Waals surface area contributed by atoms with Crippen molar-refractivity contribution >= 4 is 17.7 Å². The first kappa shape index (κ1) is 28.1. The summed E-state index contributed by atoms with van der Waals surface area (Å²) in [5, 5.41) is 10.2. The topological polar surface area (TPSA) is 146 Å². The Morgan fingerprint density at radius 3 is 2.10 bits per heavy atom. The van der Waals surface area contributed by atoms with Gasteiger partial charge < -0.3 is 26.0 Å². The van der Waals surface area contributed by atoms with Crippen molar-refractivity contribution in [2.45, 2.75) is 32.7 Å². The van der Waals surface area contributed by atoms with Gasteiger partial charge in [0.2, 0.25) is 0 Å². The molecule has 2 aromatic carbocycles. The summed E-state index contributed by atoms with van der Waals surface area (Å²) in [4.78, 5) is 24.0. The summed E-state index contributed by atoms with van der Waals surface area (Å²) < 4.78 is 10.7. The zero-order valence-corrected chi connectivity index (χ0v) is 21.9. The molecule has 0 aliphatic heterocycles. The second-order valence-electron chi connectivity index (χ2n) is 6.40. The summed E-state index contributed by atoms with van der Waals surface area (Å²) in [5.74, 6) is 0.0857. The largest absolute Gasteiger partial charge is 0.484 e. The van der Waals surface area contributed by atoms with Gasteiger partial charge in [-0.05, 0) is 61.9 Å². The molecule has 0 spiro atoms. The molecule has 2 aromatic rings. The summed E-state index contributed by atoms with van der Waals surface area (Å²) in [6.07, 6.45) is 1.92. The second kappa shape index (κ2) is 14.1. The van der Waals surface area contributed by atoms with Crippen LogP contribution in [0.25, 0.3) is 0 Å². The molecule has 0 aromatic heterocycles. The average Bonchev–Trinajstić information content (AvgIpc) is 2.67. The molecule has 9 heteroatoms. The van der Waals surface area contributed by atoms with E-state index in [9.17, 15) is 9.59 Å². The van der Waals surface area contributed by atoms with Gasteiger partial charge in [-0.15, -0.1) is 0 Å². The SMILES string of the molecule is CCC[C@@H](C)NC(=O)COc1ccc(C(=O)Oc2ccc(C(=N)N)cc2)cc1.O.[Ac]. The molecular weight excluding hydrogens is 601 g/mol. The van der Waals surface area contributed by atoms with Crippen LogP contribution >= 0.6 is 0 Å². The average molecular weight is 628 g/mol. The molecule has 0 aliphatic rings. The zero-order chi connectivity index (χ0) is 20.5. The van der Waals surface area contributed by atoms with Crippen LogP contribution in [-0.4, -0.2) is 35.8 Å². The molecule has 8 nitrogen and oxygen atoms in total. The van der Waals surface area contributed by atoms with E-state index in [0.29, 0.717) is 22.6 Å². The van der Waals surface area contributed by atoms with Gasteiger partial charge in [-0.25, -0.2) is 4.79 Å². The van der Waals surface area contributed by atoms with Crippen molar-refractivity contribution in [1.29, 1.82) is 5.41 Å². The molecule has 2 rings (SSSR count). The monoisotopic (exact) mass is 628 g/mol. The Hall–Kier alpha value is -1.95. The van der Waals surface area contributed by atoms with Crippen LogP contribution in [0.5, 0.6) is 11.5 Å². The summed E-state index contributed by atoms with van der Waals surface area (Å²) in [7, 11) is 0.